The molecule has 0 radical (unpaired) electrons. The molecule has 3 nitrogen and oxygen atoms in total. The van der Waals surface area contributed by atoms with Crippen LogP contribution in [0, 0.1) is 12.8 Å². The van der Waals surface area contributed by atoms with Gasteiger partial charge in [-0.3, -0.25) is 4.79 Å². The molecule has 1 aromatic carbocycles. The lowest BCUT2D eigenvalue weighted by molar-refractivity contribution is -0.139. The van der Waals surface area contributed by atoms with E-state index in [-0.39, 0.29) is 17.9 Å². The highest BCUT2D eigenvalue weighted by Crippen LogP contribution is 2.41. The summed E-state index contributed by atoms with van der Waals surface area (Å²) < 4.78 is 5.91. The van der Waals surface area contributed by atoms with Crippen LogP contribution in [0.5, 0.6) is 0 Å². The molecule has 1 aliphatic rings. The average Bonchev–Trinajstić information content (AvgIpc) is 2.46. The van der Waals surface area contributed by atoms with Crippen molar-refractivity contribution in [2.24, 2.45) is 5.92 Å². The topological polar surface area (TPSA) is 46.5 Å². The zero-order chi connectivity index (χ0) is 15.5. The first-order valence-electron chi connectivity index (χ1n) is 7.86. The third-order valence-corrected chi connectivity index (χ3v) is 4.85. The lowest BCUT2D eigenvalue weighted by Crippen LogP contribution is -2.38. The quantitative estimate of drug-likeness (QED) is 0.886. The fraction of sp³-hybridized carbons (Fsp3) is 0.611. The summed E-state index contributed by atoms with van der Waals surface area (Å²) in [4.78, 5) is 11.3. The Morgan fingerprint density at radius 1 is 1.43 bits per heavy atom. The largest absolute Gasteiger partial charge is 0.481 e. The summed E-state index contributed by atoms with van der Waals surface area (Å²) in [5.74, 6) is -0.259. The highest BCUT2D eigenvalue weighted by molar-refractivity contribution is 5.68. The number of hydrogen-bond acceptors (Lipinski definition) is 2. The molecule has 21 heavy (non-hydrogen) atoms. The highest BCUT2D eigenvalue weighted by Gasteiger charge is 2.36. The molecule has 3 atom stereocenters. The van der Waals surface area contributed by atoms with Crippen molar-refractivity contribution in [2.45, 2.75) is 58.0 Å². The Balaban J connectivity index is 2.23. The monoisotopic (exact) mass is 290 g/mol. The Bertz CT molecular complexity index is 480. The van der Waals surface area contributed by atoms with Crippen LogP contribution in [0.1, 0.15) is 56.6 Å². The first-order valence-corrected chi connectivity index (χ1v) is 7.86. The Hall–Kier alpha value is -1.35. The second-order valence-corrected chi connectivity index (χ2v) is 6.52. The van der Waals surface area contributed by atoms with Gasteiger partial charge in [0.2, 0.25) is 0 Å². The molecule has 0 bridgehead atoms. The van der Waals surface area contributed by atoms with Gasteiger partial charge in [-0.1, -0.05) is 36.8 Å². The molecule has 1 aliphatic heterocycles. The summed E-state index contributed by atoms with van der Waals surface area (Å²) >= 11 is 0. The van der Waals surface area contributed by atoms with Crippen LogP contribution in [0.2, 0.25) is 0 Å². The zero-order valence-corrected chi connectivity index (χ0v) is 13.3. The fourth-order valence-electron chi connectivity index (χ4n) is 3.32. The van der Waals surface area contributed by atoms with Crippen LogP contribution in [0.4, 0.5) is 0 Å². The van der Waals surface area contributed by atoms with Crippen molar-refractivity contribution >= 4 is 5.97 Å². The molecule has 3 heteroatoms. The van der Waals surface area contributed by atoms with Crippen LogP contribution in [0.25, 0.3) is 0 Å². The molecular weight excluding hydrogens is 264 g/mol. The lowest BCUT2D eigenvalue weighted by Gasteiger charge is -2.41. The number of aryl methyl sites for hydroxylation is 1. The van der Waals surface area contributed by atoms with Gasteiger partial charge in [0, 0.05) is 6.61 Å². The van der Waals surface area contributed by atoms with E-state index in [1.165, 1.54) is 5.56 Å². The molecule has 2 rings (SSSR count). The molecule has 1 N–H and O–H groups in total. The average molecular weight is 290 g/mol. The number of hydrogen-bond donors (Lipinski definition) is 1. The molecule has 1 saturated heterocycles. The van der Waals surface area contributed by atoms with Crippen LogP contribution >= 0.6 is 0 Å². The van der Waals surface area contributed by atoms with E-state index in [1.54, 1.807) is 0 Å². The maximum atomic E-state index is 11.3. The minimum Gasteiger partial charge on any atom is -0.481 e. The highest BCUT2D eigenvalue weighted by atomic mass is 16.5. The molecule has 0 unspecified atom stereocenters. The van der Waals surface area contributed by atoms with E-state index in [0.717, 1.165) is 31.4 Å². The lowest BCUT2D eigenvalue weighted by atomic mass is 9.74. The molecule has 116 valence electrons. The molecular formula is C18H26O3. The first kappa shape index (κ1) is 16.0. The molecule has 0 spiro atoms. The second kappa shape index (κ2) is 6.61. The van der Waals surface area contributed by atoms with Crippen molar-refractivity contribution in [3.63, 3.8) is 0 Å². The maximum Gasteiger partial charge on any atom is 0.303 e. The number of rotatable bonds is 5. The van der Waals surface area contributed by atoms with E-state index in [0.29, 0.717) is 5.92 Å². The minimum atomic E-state index is -0.717. The summed E-state index contributed by atoms with van der Waals surface area (Å²) in [5.41, 5.74) is 2.25. The Morgan fingerprint density at radius 2 is 2.10 bits per heavy atom. The number of aliphatic carboxylic acids is 1. The van der Waals surface area contributed by atoms with Gasteiger partial charge in [-0.05, 0) is 50.5 Å². The van der Waals surface area contributed by atoms with E-state index >= 15 is 0 Å². The van der Waals surface area contributed by atoms with Crippen molar-refractivity contribution < 1.29 is 14.6 Å². The molecule has 0 aromatic heterocycles. The zero-order valence-electron chi connectivity index (χ0n) is 13.3. The van der Waals surface area contributed by atoms with Crippen LogP contribution in [0.3, 0.4) is 0 Å². The Morgan fingerprint density at radius 3 is 2.67 bits per heavy atom. The van der Waals surface area contributed by atoms with Gasteiger partial charge in [-0.2, -0.15) is 0 Å². The van der Waals surface area contributed by atoms with Crippen LogP contribution in [-0.2, 0) is 9.53 Å². The number of carboxylic acids is 1. The van der Waals surface area contributed by atoms with Crippen molar-refractivity contribution in [1.29, 1.82) is 0 Å². The molecule has 0 aliphatic carbocycles. The fourth-order valence-corrected chi connectivity index (χ4v) is 3.32. The number of carbonyl (C=O) groups is 1. The van der Waals surface area contributed by atoms with E-state index in [2.05, 4.69) is 45.0 Å². The predicted molar refractivity (Wildman–Crippen MR) is 83.5 cm³/mol. The van der Waals surface area contributed by atoms with E-state index in [1.807, 2.05) is 0 Å². The van der Waals surface area contributed by atoms with Gasteiger partial charge in [0.15, 0.2) is 0 Å². The van der Waals surface area contributed by atoms with Crippen LogP contribution < -0.4 is 0 Å². The third kappa shape index (κ3) is 4.07. The van der Waals surface area contributed by atoms with Gasteiger partial charge in [0.25, 0.3) is 0 Å². The van der Waals surface area contributed by atoms with Gasteiger partial charge in [-0.25, -0.2) is 0 Å². The first-order chi connectivity index (χ1) is 9.93. The van der Waals surface area contributed by atoms with Crippen molar-refractivity contribution in [3.8, 4) is 0 Å². The Labute approximate surface area is 127 Å². The number of ether oxygens (including phenoxy) is 1. The van der Waals surface area contributed by atoms with Gasteiger partial charge < -0.3 is 9.84 Å². The van der Waals surface area contributed by atoms with Gasteiger partial charge in [-0.15, -0.1) is 0 Å². The maximum absolute atomic E-state index is 11.3. The molecule has 1 aromatic rings. The molecule has 1 heterocycles. The van der Waals surface area contributed by atoms with Crippen LogP contribution in [-0.4, -0.2) is 23.3 Å². The van der Waals surface area contributed by atoms with Gasteiger partial charge in [0.1, 0.15) is 0 Å². The minimum absolute atomic E-state index is 0.0814. The van der Waals surface area contributed by atoms with Crippen molar-refractivity contribution in [1.82, 2.24) is 0 Å². The van der Waals surface area contributed by atoms with E-state index in [9.17, 15) is 9.90 Å². The van der Waals surface area contributed by atoms with Crippen molar-refractivity contribution in [2.75, 3.05) is 6.61 Å². The third-order valence-electron chi connectivity index (χ3n) is 4.85. The summed E-state index contributed by atoms with van der Waals surface area (Å²) in [6, 6.07) is 8.31. The SMILES string of the molecule is CC[C@]1(C)C[C@H]([C@H](CC(=O)O)c2ccc(C)cc2)CCO1. The van der Waals surface area contributed by atoms with Crippen LogP contribution in [0.15, 0.2) is 24.3 Å². The number of carboxylic acid groups (broad SMARTS) is 1. The predicted octanol–water partition coefficient (Wildman–Crippen LogP) is 4.15. The molecule has 0 amide bonds. The standard InChI is InChI=1S/C18H26O3/c1-4-18(3)12-15(9-10-21-18)16(11-17(19)20)14-7-5-13(2)6-8-14/h5-8,15-16H,4,9-12H2,1-3H3,(H,19,20)/t15-,16-,18-/m1/s1. The molecule has 1 fully saturated rings. The summed E-state index contributed by atoms with van der Waals surface area (Å²) in [6.07, 6.45) is 3.06. The van der Waals surface area contributed by atoms with E-state index in [4.69, 9.17) is 4.74 Å². The summed E-state index contributed by atoms with van der Waals surface area (Å²) in [5, 5.41) is 9.29. The normalized spacial score (nSPS) is 27.3. The van der Waals surface area contributed by atoms with Gasteiger partial charge in [0.05, 0.1) is 12.0 Å². The van der Waals surface area contributed by atoms with Gasteiger partial charge >= 0.3 is 5.97 Å². The number of benzene rings is 1. The summed E-state index contributed by atoms with van der Waals surface area (Å²) in [6.45, 7) is 7.07. The molecule has 0 saturated carbocycles. The summed E-state index contributed by atoms with van der Waals surface area (Å²) in [7, 11) is 0. The smallest absolute Gasteiger partial charge is 0.303 e. The second-order valence-electron chi connectivity index (χ2n) is 6.52. The van der Waals surface area contributed by atoms with E-state index < -0.39 is 5.97 Å². The Kier molecular flexibility index (Phi) is 5.04. The van der Waals surface area contributed by atoms with Crippen molar-refractivity contribution in [3.05, 3.63) is 35.4 Å².